The minimum Gasteiger partial charge on any atom is -0.370 e. The lowest BCUT2D eigenvalue weighted by Crippen LogP contribution is -2.33. The molecule has 1 fully saturated rings. The third-order valence-electron chi connectivity index (χ3n) is 4.25. The van der Waals surface area contributed by atoms with Gasteiger partial charge in [-0.05, 0) is 30.4 Å². The summed E-state index contributed by atoms with van der Waals surface area (Å²) in [5.41, 5.74) is 2.31. The molecule has 1 saturated heterocycles. The van der Waals surface area contributed by atoms with E-state index in [4.69, 9.17) is 11.6 Å². The van der Waals surface area contributed by atoms with Crippen LogP contribution in [0.25, 0.3) is 0 Å². The molecule has 0 aliphatic carbocycles. The van der Waals surface area contributed by atoms with Gasteiger partial charge in [0.1, 0.15) is 0 Å². The summed E-state index contributed by atoms with van der Waals surface area (Å²) in [6.07, 6.45) is 2.13. The van der Waals surface area contributed by atoms with Gasteiger partial charge < -0.3 is 4.90 Å². The number of anilines is 1. The highest BCUT2D eigenvalue weighted by atomic mass is 35.5. The molecule has 0 spiro atoms. The summed E-state index contributed by atoms with van der Waals surface area (Å²) in [6.45, 7) is 1.83. The first-order valence-electron chi connectivity index (χ1n) is 7.39. The van der Waals surface area contributed by atoms with Crippen LogP contribution >= 0.6 is 11.6 Å². The van der Waals surface area contributed by atoms with Gasteiger partial charge in [0.2, 0.25) is 0 Å². The highest BCUT2D eigenvalue weighted by molar-refractivity contribution is 6.33. The van der Waals surface area contributed by atoms with Crippen LogP contribution in [0.2, 0.25) is 5.02 Å². The first kappa shape index (κ1) is 14.9. The van der Waals surface area contributed by atoms with Crippen LogP contribution < -0.4 is 4.90 Å². The minimum absolute atomic E-state index is 0.0351. The second-order valence-corrected chi connectivity index (χ2v) is 5.97. The van der Waals surface area contributed by atoms with Crippen molar-refractivity contribution in [1.82, 2.24) is 0 Å². The van der Waals surface area contributed by atoms with E-state index < -0.39 is 4.92 Å². The van der Waals surface area contributed by atoms with Crippen LogP contribution in [-0.4, -0.2) is 18.0 Å². The lowest BCUT2D eigenvalue weighted by Gasteiger charge is -2.34. The number of benzene rings is 2. The molecule has 0 N–H and O–H groups in total. The number of non-ortho nitro benzene ring substituents is 1. The summed E-state index contributed by atoms with van der Waals surface area (Å²) in [4.78, 5) is 12.6. The molecule has 1 heterocycles. The molecule has 22 heavy (non-hydrogen) atoms. The predicted molar refractivity (Wildman–Crippen MR) is 88.7 cm³/mol. The molecule has 3 rings (SSSR count). The summed E-state index contributed by atoms with van der Waals surface area (Å²) in [5.74, 6) is 0.578. The van der Waals surface area contributed by atoms with Crippen LogP contribution in [0.4, 0.5) is 11.4 Å². The Kier molecular flexibility index (Phi) is 4.29. The largest absolute Gasteiger partial charge is 0.370 e. The van der Waals surface area contributed by atoms with Crippen molar-refractivity contribution < 1.29 is 4.92 Å². The number of rotatable bonds is 3. The van der Waals surface area contributed by atoms with Crippen LogP contribution in [0.5, 0.6) is 0 Å². The van der Waals surface area contributed by atoms with Gasteiger partial charge in [-0.3, -0.25) is 10.1 Å². The first-order valence-corrected chi connectivity index (χ1v) is 7.77. The number of halogens is 1. The normalized spacial score (nSPS) is 15.8. The summed E-state index contributed by atoms with van der Waals surface area (Å²) >= 11 is 6.21. The van der Waals surface area contributed by atoms with Crippen molar-refractivity contribution in [3.05, 3.63) is 69.2 Å². The van der Waals surface area contributed by atoms with Crippen LogP contribution in [0, 0.1) is 10.1 Å². The van der Waals surface area contributed by atoms with Crippen LogP contribution in [0.3, 0.4) is 0 Å². The highest BCUT2D eigenvalue weighted by Gasteiger charge is 2.22. The van der Waals surface area contributed by atoms with Gasteiger partial charge in [-0.25, -0.2) is 0 Å². The Bertz CT molecular complexity index is 668. The molecule has 2 aromatic carbocycles. The Morgan fingerprint density at radius 3 is 2.36 bits per heavy atom. The Balaban J connectivity index is 1.70. The van der Waals surface area contributed by atoms with Gasteiger partial charge in [0.25, 0.3) is 5.69 Å². The zero-order valence-electron chi connectivity index (χ0n) is 12.1. The van der Waals surface area contributed by atoms with E-state index in [0.29, 0.717) is 10.9 Å². The Morgan fingerprint density at radius 2 is 1.77 bits per heavy atom. The van der Waals surface area contributed by atoms with Crippen molar-refractivity contribution in [2.45, 2.75) is 18.8 Å². The van der Waals surface area contributed by atoms with Gasteiger partial charge in [0.05, 0.1) is 15.6 Å². The second kappa shape index (κ2) is 6.36. The SMILES string of the molecule is O=[N+]([O-])c1ccc(N2CCC(c3ccccc3)CC2)c(Cl)c1. The fourth-order valence-corrected chi connectivity index (χ4v) is 3.34. The van der Waals surface area contributed by atoms with Gasteiger partial charge in [-0.2, -0.15) is 0 Å². The van der Waals surface area contributed by atoms with E-state index >= 15 is 0 Å². The van der Waals surface area contributed by atoms with Gasteiger partial charge in [-0.1, -0.05) is 41.9 Å². The number of hydrogen-bond donors (Lipinski definition) is 0. The fraction of sp³-hybridized carbons (Fsp3) is 0.294. The van der Waals surface area contributed by atoms with Gasteiger partial charge in [0.15, 0.2) is 0 Å². The van der Waals surface area contributed by atoms with E-state index in [0.717, 1.165) is 31.6 Å². The molecule has 0 bridgehead atoms. The lowest BCUT2D eigenvalue weighted by molar-refractivity contribution is -0.384. The standard InChI is InChI=1S/C17H17ClN2O2/c18-16-12-15(20(21)22)6-7-17(16)19-10-8-14(9-11-19)13-4-2-1-3-5-13/h1-7,12,14H,8-11H2. The summed E-state index contributed by atoms with van der Waals surface area (Å²) < 4.78 is 0. The maximum Gasteiger partial charge on any atom is 0.271 e. The van der Waals surface area contributed by atoms with Crippen molar-refractivity contribution in [3.8, 4) is 0 Å². The zero-order chi connectivity index (χ0) is 15.5. The molecular weight excluding hydrogens is 300 g/mol. The summed E-state index contributed by atoms with van der Waals surface area (Å²) in [5, 5.41) is 11.2. The Labute approximate surface area is 134 Å². The third-order valence-corrected chi connectivity index (χ3v) is 4.55. The maximum atomic E-state index is 10.8. The molecular formula is C17H17ClN2O2. The molecule has 0 unspecified atom stereocenters. The maximum absolute atomic E-state index is 10.8. The third kappa shape index (κ3) is 3.07. The lowest BCUT2D eigenvalue weighted by atomic mass is 9.89. The summed E-state index contributed by atoms with van der Waals surface area (Å²) in [7, 11) is 0. The molecule has 4 nitrogen and oxygen atoms in total. The number of nitro groups is 1. The van der Waals surface area contributed by atoms with Crippen molar-refractivity contribution in [1.29, 1.82) is 0 Å². The fourth-order valence-electron chi connectivity index (χ4n) is 3.04. The molecule has 0 amide bonds. The van der Waals surface area contributed by atoms with Crippen LogP contribution in [0.1, 0.15) is 24.3 Å². The molecule has 5 heteroatoms. The number of nitrogens with zero attached hydrogens (tertiary/aromatic N) is 2. The molecule has 1 aliphatic rings. The number of piperidine rings is 1. The zero-order valence-corrected chi connectivity index (χ0v) is 12.9. The smallest absolute Gasteiger partial charge is 0.271 e. The van der Waals surface area contributed by atoms with Crippen molar-refractivity contribution in [2.24, 2.45) is 0 Å². The molecule has 0 aromatic heterocycles. The van der Waals surface area contributed by atoms with Gasteiger partial charge in [-0.15, -0.1) is 0 Å². The number of nitro benzene ring substituents is 1. The second-order valence-electron chi connectivity index (χ2n) is 5.56. The van der Waals surface area contributed by atoms with E-state index in [9.17, 15) is 10.1 Å². The molecule has 0 atom stereocenters. The minimum atomic E-state index is -0.419. The average Bonchev–Trinajstić information content (AvgIpc) is 2.56. The van der Waals surface area contributed by atoms with Crippen molar-refractivity contribution in [3.63, 3.8) is 0 Å². The Hall–Kier alpha value is -2.07. The van der Waals surface area contributed by atoms with E-state index in [1.807, 2.05) is 6.07 Å². The Morgan fingerprint density at radius 1 is 1.09 bits per heavy atom. The van der Waals surface area contributed by atoms with Crippen molar-refractivity contribution >= 4 is 23.0 Å². The molecule has 1 aliphatic heterocycles. The predicted octanol–water partition coefficient (Wildman–Crippen LogP) is 4.63. The van der Waals surface area contributed by atoms with Gasteiger partial charge in [0, 0.05) is 25.2 Å². The molecule has 0 saturated carbocycles. The van der Waals surface area contributed by atoms with Crippen LogP contribution in [0.15, 0.2) is 48.5 Å². The van der Waals surface area contributed by atoms with E-state index in [1.165, 1.54) is 17.7 Å². The number of hydrogen-bond acceptors (Lipinski definition) is 3. The quantitative estimate of drug-likeness (QED) is 0.612. The van der Waals surface area contributed by atoms with Crippen molar-refractivity contribution in [2.75, 3.05) is 18.0 Å². The summed E-state index contributed by atoms with van der Waals surface area (Å²) in [6, 6.07) is 15.3. The van der Waals surface area contributed by atoms with E-state index in [2.05, 4.69) is 29.2 Å². The molecule has 2 aromatic rings. The molecule has 0 radical (unpaired) electrons. The highest BCUT2D eigenvalue weighted by Crippen LogP contribution is 2.35. The van der Waals surface area contributed by atoms with E-state index in [-0.39, 0.29) is 5.69 Å². The van der Waals surface area contributed by atoms with Gasteiger partial charge >= 0.3 is 0 Å². The molecule has 114 valence electrons. The topological polar surface area (TPSA) is 46.4 Å². The average molecular weight is 317 g/mol. The first-order chi connectivity index (χ1) is 10.6. The van der Waals surface area contributed by atoms with E-state index in [1.54, 1.807) is 6.07 Å². The monoisotopic (exact) mass is 316 g/mol. The van der Waals surface area contributed by atoms with Crippen LogP contribution in [-0.2, 0) is 0 Å².